The molecule has 3 rings (SSSR count). The van der Waals surface area contributed by atoms with Gasteiger partial charge in [-0.2, -0.15) is 0 Å². The molecule has 0 atom stereocenters. The van der Waals surface area contributed by atoms with Gasteiger partial charge < -0.3 is 4.90 Å². The monoisotopic (exact) mass is 358 g/mol. The lowest BCUT2D eigenvalue weighted by Crippen LogP contribution is -2.47. The minimum atomic E-state index is -0.726. The molecule has 1 aliphatic heterocycles. The highest BCUT2D eigenvalue weighted by atomic mass is 19.1. The molecular weight excluding hydrogens is 341 g/mol. The Morgan fingerprint density at radius 3 is 2.12 bits per heavy atom. The molecule has 0 radical (unpaired) electrons. The first-order valence-corrected chi connectivity index (χ1v) is 8.23. The number of piperazine rings is 1. The standard InChI is InChI=1S/C20H17F3N2O/c21-17-4-1-15(2-5-17)14-24-7-9-25(10-8-24)20(26)6-3-16-11-18(22)13-19(23)12-16/h1-2,4-5,11-13H,7-10,14H2. The fourth-order valence-corrected chi connectivity index (χ4v) is 2.79. The summed E-state index contributed by atoms with van der Waals surface area (Å²) in [4.78, 5) is 15.9. The molecule has 0 aromatic heterocycles. The number of rotatable bonds is 2. The molecule has 1 heterocycles. The van der Waals surface area contributed by atoms with E-state index in [9.17, 15) is 18.0 Å². The van der Waals surface area contributed by atoms with Crippen molar-refractivity contribution < 1.29 is 18.0 Å². The Labute approximate surface area is 150 Å². The first-order chi connectivity index (χ1) is 12.5. The molecular formula is C20H17F3N2O. The van der Waals surface area contributed by atoms with Crippen LogP contribution in [0.5, 0.6) is 0 Å². The third-order valence-corrected chi connectivity index (χ3v) is 4.16. The van der Waals surface area contributed by atoms with Crippen LogP contribution in [0, 0.1) is 29.3 Å². The molecule has 1 saturated heterocycles. The van der Waals surface area contributed by atoms with Gasteiger partial charge >= 0.3 is 0 Å². The largest absolute Gasteiger partial charge is 0.329 e. The second kappa shape index (κ2) is 8.07. The van der Waals surface area contributed by atoms with Crippen LogP contribution >= 0.6 is 0 Å². The van der Waals surface area contributed by atoms with Gasteiger partial charge in [-0.3, -0.25) is 9.69 Å². The second-order valence-electron chi connectivity index (χ2n) is 6.10. The van der Waals surface area contributed by atoms with Crippen molar-refractivity contribution in [2.75, 3.05) is 26.2 Å². The van der Waals surface area contributed by atoms with Crippen molar-refractivity contribution in [2.45, 2.75) is 6.54 Å². The lowest BCUT2D eigenvalue weighted by atomic mass is 10.2. The number of halogens is 3. The van der Waals surface area contributed by atoms with E-state index in [1.54, 1.807) is 17.0 Å². The van der Waals surface area contributed by atoms with Crippen molar-refractivity contribution in [3.8, 4) is 11.8 Å². The van der Waals surface area contributed by atoms with E-state index in [4.69, 9.17) is 0 Å². The van der Waals surface area contributed by atoms with Crippen molar-refractivity contribution in [3.63, 3.8) is 0 Å². The topological polar surface area (TPSA) is 23.6 Å². The van der Waals surface area contributed by atoms with Crippen molar-refractivity contribution in [1.29, 1.82) is 0 Å². The summed E-state index contributed by atoms with van der Waals surface area (Å²) in [5.41, 5.74) is 1.14. The zero-order valence-corrected chi connectivity index (χ0v) is 14.0. The normalized spacial score (nSPS) is 14.7. The highest BCUT2D eigenvalue weighted by Gasteiger charge is 2.20. The molecule has 0 bridgehead atoms. The van der Waals surface area contributed by atoms with Crippen LogP contribution in [0.4, 0.5) is 13.2 Å². The van der Waals surface area contributed by atoms with Crippen LogP contribution in [-0.2, 0) is 11.3 Å². The third-order valence-electron chi connectivity index (χ3n) is 4.16. The zero-order chi connectivity index (χ0) is 18.5. The van der Waals surface area contributed by atoms with E-state index < -0.39 is 11.6 Å². The molecule has 0 saturated carbocycles. The minimum Gasteiger partial charge on any atom is -0.329 e. The van der Waals surface area contributed by atoms with Gasteiger partial charge in [0, 0.05) is 50.3 Å². The van der Waals surface area contributed by atoms with Gasteiger partial charge in [-0.05, 0) is 29.8 Å². The highest BCUT2D eigenvalue weighted by Crippen LogP contribution is 2.10. The quantitative estimate of drug-likeness (QED) is 0.771. The molecule has 3 nitrogen and oxygen atoms in total. The van der Waals surface area contributed by atoms with Gasteiger partial charge in [0.2, 0.25) is 0 Å². The Morgan fingerprint density at radius 2 is 1.50 bits per heavy atom. The first kappa shape index (κ1) is 18.0. The van der Waals surface area contributed by atoms with E-state index in [1.807, 2.05) is 0 Å². The lowest BCUT2D eigenvalue weighted by molar-refractivity contribution is -0.126. The van der Waals surface area contributed by atoms with Crippen molar-refractivity contribution in [3.05, 3.63) is 71.0 Å². The fraction of sp³-hybridized carbons (Fsp3) is 0.250. The van der Waals surface area contributed by atoms with Gasteiger partial charge in [-0.25, -0.2) is 13.2 Å². The molecule has 2 aromatic rings. The number of carbonyl (C=O) groups is 1. The summed E-state index contributed by atoms with van der Waals surface area (Å²) in [5.74, 6) is 2.87. The van der Waals surface area contributed by atoms with Gasteiger partial charge in [-0.15, -0.1) is 0 Å². The summed E-state index contributed by atoms with van der Waals surface area (Å²) in [5, 5.41) is 0. The summed E-state index contributed by atoms with van der Waals surface area (Å²) in [7, 11) is 0. The van der Waals surface area contributed by atoms with Crippen molar-refractivity contribution in [2.24, 2.45) is 0 Å². The van der Waals surface area contributed by atoms with Gasteiger partial charge in [0.1, 0.15) is 17.5 Å². The number of hydrogen-bond acceptors (Lipinski definition) is 2. The van der Waals surface area contributed by atoms with E-state index in [2.05, 4.69) is 16.7 Å². The number of nitrogens with zero attached hydrogens (tertiary/aromatic N) is 2. The predicted octanol–water partition coefficient (Wildman–Crippen LogP) is 2.80. The smallest absolute Gasteiger partial charge is 0.298 e. The molecule has 6 heteroatoms. The van der Waals surface area contributed by atoms with E-state index in [-0.39, 0.29) is 17.3 Å². The van der Waals surface area contributed by atoms with Crippen LogP contribution in [0.15, 0.2) is 42.5 Å². The number of amides is 1. The maximum Gasteiger partial charge on any atom is 0.298 e. The van der Waals surface area contributed by atoms with Crippen LogP contribution in [0.2, 0.25) is 0 Å². The highest BCUT2D eigenvalue weighted by molar-refractivity contribution is 5.94. The molecule has 1 amide bonds. The molecule has 134 valence electrons. The van der Waals surface area contributed by atoms with Crippen molar-refractivity contribution in [1.82, 2.24) is 9.80 Å². The van der Waals surface area contributed by atoms with Gasteiger partial charge in [0.05, 0.1) is 0 Å². The third kappa shape index (κ3) is 4.87. The Morgan fingerprint density at radius 1 is 0.885 bits per heavy atom. The average molecular weight is 358 g/mol. The van der Waals surface area contributed by atoms with Crippen LogP contribution in [0.25, 0.3) is 0 Å². The van der Waals surface area contributed by atoms with Crippen LogP contribution < -0.4 is 0 Å². The first-order valence-electron chi connectivity index (χ1n) is 8.23. The number of benzene rings is 2. The van der Waals surface area contributed by atoms with Gasteiger partial charge in [-0.1, -0.05) is 18.1 Å². The Hall–Kier alpha value is -2.78. The van der Waals surface area contributed by atoms with E-state index >= 15 is 0 Å². The number of hydrogen-bond donors (Lipinski definition) is 0. The molecule has 0 unspecified atom stereocenters. The average Bonchev–Trinajstić information content (AvgIpc) is 2.61. The molecule has 26 heavy (non-hydrogen) atoms. The van der Waals surface area contributed by atoms with Crippen LogP contribution in [-0.4, -0.2) is 41.9 Å². The maximum atomic E-state index is 13.1. The van der Waals surface area contributed by atoms with Gasteiger partial charge in [0.15, 0.2) is 0 Å². The Balaban J connectivity index is 1.53. The molecule has 0 aliphatic carbocycles. The summed E-state index contributed by atoms with van der Waals surface area (Å²) >= 11 is 0. The maximum absolute atomic E-state index is 13.1. The summed E-state index contributed by atoms with van der Waals surface area (Å²) < 4.78 is 39.2. The molecule has 0 spiro atoms. The molecule has 1 aliphatic rings. The Bertz CT molecular complexity index is 827. The summed E-state index contributed by atoms with van der Waals surface area (Å²) in [6.45, 7) is 3.09. The van der Waals surface area contributed by atoms with E-state index in [0.29, 0.717) is 32.7 Å². The van der Waals surface area contributed by atoms with Crippen LogP contribution in [0.1, 0.15) is 11.1 Å². The Kier molecular flexibility index (Phi) is 5.59. The second-order valence-corrected chi connectivity index (χ2v) is 6.10. The van der Waals surface area contributed by atoms with Gasteiger partial charge in [0.25, 0.3) is 5.91 Å². The van der Waals surface area contributed by atoms with Crippen molar-refractivity contribution >= 4 is 5.91 Å². The van der Waals surface area contributed by atoms with E-state index in [0.717, 1.165) is 23.8 Å². The zero-order valence-electron chi connectivity index (χ0n) is 14.0. The predicted molar refractivity (Wildman–Crippen MR) is 91.5 cm³/mol. The molecule has 1 fully saturated rings. The molecule has 2 aromatic carbocycles. The van der Waals surface area contributed by atoms with Crippen LogP contribution in [0.3, 0.4) is 0 Å². The SMILES string of the molecule is O=C(C#Cc1cc(F)cc(F)c1)N1CCN(Cc2ccc(F)cc2)CC1. The minimum absolute atomic E-state index is 0.130. The molecule has 0 N–H and O–H groups in total. The summed E-state index contributed by atoms with van der Waals surface area (Å²) in [6, 6.07) is 9.29. The fourth-order valence-electron chi connectivity index (χ4n) is 2.79. The number of carbonyl (C=O) groups excluding carboxylic acids is 1. The summed E-state index contributed by atoms with van der Waals surface area (Å²) in [6.07, 6.45) is 0. The van der Waals surface area contributed by atoms with E-state index in [1.165, 1.54) is 12.1 Å². The lowest BCUT2D eigenvalue weighted by Gasteiger charge is -2.33.